The molecule has 154 valence electrons. The first-order chi connectivity index (χ1) is 12.7. The van der Waals surface area contributed by atoms with Crippen LogP contribution in [0.1, 0.15) is 24.0 Å². The minimum atomic E-state index is 0. The van der Waals surface area contributed by atoms with Crippen molar-refractivity contribution in [2.24, 2.45) is 10.9 Å². The molecular formula is C19H33IN4O3. The summed E-state index contributed by atoms with van der Waals surface area (Å²) in [7, 11) is 3.93. The third-order valence-corrected chi connectivity index (χ3v) is 5.16. The van der Waals surface area contributed by atoms with Gasteiger partial charge in [-0.3, -0.25) is 9.89 Å². The van der Waals surface area contributed by atoms with Gasteiger partial charge in [-0.05, 0) is 25.5 Å². The SMILES string of the molecule is CN=C(NCC(c1ccc(C)o1)N1CCOCC1)N(C)CC1CCOC1.I. The molecule has 0 amide bonds. The Morgan fingerprint density at radius 1 is 1.30 bits per heavy atom. The van der Waals surface area contributed by atoms with Gasteiger partial charge in [-0.2, -0.15) is 0 Å². The van der Waals surface area contributed by atoms with Gasteiger partial charge in [0.15, 0.2) is 5.96 Å². The number of morpholine rings is 1. The van der Waals surface area contributed by atoms with E-state index in [1.807, 2.05) is 20.0 Å². The van der Waals surface area contributed by atoms with Gasteiger partial charge in [0.05, 0.1) is 25.9 Å². The Hall–Kier alpha value is -0.840. The second kappa shape index (κ2) is 11.2. The first-order valence-corrected chi connectivity index (χ1v) is 9.55. The molecule has 7 nitrogen and oxygen atoms in total. The van der Waals surface area contributed by atoms with Crippen molar-refractivity contribution in [2.45, 2.75) is 19.4 Å². The topological polar surface area (TPSA) is 62.5 Å². The summed E-state index contributed by atoms with van der Waals surface area (Å²) in [4.78, 5) is 9.08. The molecule has 2 aliphatic heterocycles. The molecule has 2 fully saturated rings. The number of rotatable bonds is 6. The molecule has 0 spiro atoms. The molecule has 2 saturated heterocycles. The van der Waals surface area contributed by atoms with E-state index < -0.39 is 0 Å². The number of nitrogens with zero attached hydrogens (tertiary/aromatic N) is 3. The number of nitrogens with one attached hydrogen (secondary N) is 1. The highest BCUT2D eigenvalue weighted by Gasteiger charge is 2.26. The fraction of sp³-hybridized carbons (Fsp3) is 0.737. The highest BCUT2D eigenvalue weighted by Crippen LogP contribution is 2.23. The molecule has 0 aromatic carbocycles. The quantitative estimate of drug-likeness (QED) is 0.373. The second-order valence-electron chi connectivity index (χ2n) is 7.15. The van der Waals surface area contributed by atoms with Crippen LogP contribution >= 0.6 is 24.0 Å². The van der Waals surface area contributed by atoms with Crippen LogP contribution in [-0.4, -0.2) is 82.5 Å². The molecule has 8 heteroatoms. The van der Waals surface area contributed by atoms with Crippen molar-refractivity contribution in [3.63, 3.8) is 0 Å². The molecule has 1 N–H and O–H groups in total. The number of hydrogen-bond donors (Lipinski definition) is 1. The fourth-order valence-corrected chi connectivity index (χ4v) is 3.71. The van der Waals surface area contributed by atoms with E-state index in [0.29, 0.717) is 5.92 Å². The minimum Gasteiger partial charge on any atom is -0.465 e. The van der Waals surface area contributed by atoms with Gasteiger partial charge < -0.3 is 24.1 Å². The molecule has 3 heterocycles. The zero-order chi connectivity index (χ0) is 18.4. The molecule has 2 aliphatic rings. The molecule has 0 aliphatic carbocycles. The predicted molar refractivity (Wildman–Crippen MR) is 117 cm³/mol. The summed E-state index contributed by atoms with van der Waals surface area (Å²) in [6, 6.07) is 4.29. The standard InChI is InChI=1S/C19H32N4O3.HI/c1-15-4-5-18(26-15)17(23-7-10-24-11-8-23)12-21-19(20-2)22(3)13-16-6-9-25-14-16;/h4-5,16-17H,6-14H2,1-3H3,(H,20,21);1H. The predicted octanol–water partition coefficient (Wildman–Crippen LogP) is 2.12. The average Bonchev–Trinajstić information content (AvgIpc) is 3.31. The van der Waals surface area contributed by atoms with Crippen molar-refractivity contribution in [1.82, 2.24) is 15.1 Å². The van der Waals surface area contributed by atoms with Crippen molar-refractivity contribution in [2.75, 3.05) is 66.7 Å². The fourth-order valence-electron chi connectivity index (χ4n) is 3.71. The lowest BCUT2D eigenvalue weighted by molar-refractivity contribution is 0.0123. The maximum absolute atomic E-state index is 5.94. The number of guanidine groups is 1. The average molecular weight is 492 g/mol. The third-order valence-electron chi connectivity index (χ3n) is 5.16. The van der Waals surface area contributed by atoms with Crippen molar-refractivity contribution in [3.8, 4) is 0 Å². The molecule has 3 rings (SSSR count). The Balaban J connectivity index is 0.00000261. The number of furan rings is 1. The molecule has 0 radical (unpaired) electrons. The molecule has 1 aromatic heterocycles. The van der Waals surface area contributed by atoms with Crippen LogP contribution in [0.25, 0.3) is 0 Å². The lowest BCUT2D eigenvalue weighted by Gasteiger charge is -2.34. The van der Waals surface area contributed by atoms with Crippen LogP contribution in [0, 0.1) is 12.8 Å². The first-order valence-electron chi connectivity index (χ1n) is 9.55. The van der Waals surface area contributed by atoms with Gasteiger partial charge in [0, 0.05) is 52.8 Å². The van der Waals surface area contributed by atoms with Gasteiger partial charge in [-0.25, -0.2) is 0 Å². The maximum Gasteiger partial charge on any atom is 0.193 e. The van der Waals surface area contributed by atoms with Gasteiger partial charge in [-0.15, -0.1) is 24.0 Å². The largest absolute Gasteiger partial charge is 0.465 e. The lowest BCUT2D eigenvalue weighted by atomic mass is 10.1. The van der Waals surface area contributed by atoms with Crippen molar-refractivity contribution >= 4 is 29.9 Å². The summed E-state index contributed by atoms with van der Waals surface area (Å²) < 4.78 is 16.9. The van der Waals surface area contributed by atoms with Crippen LogP contribution in [0.5, 0.6) is 0 Å². The summed E-state index contributed by atoms with van der Waals surface area (Å²) in [5, 5.41) is 3.54. The van der Waals surface area contributed by atoms with Gasteiger partial charge >= 0.3 is 0 Å². The van der Waals surface area contributed by atoms with E-state index in [4.69, 9.17) is 13.9 Å². The first kappa shape index (κ1) is 22.4. The van der Waals surface area contributed by atoms with Crippen molar-refractivity contribution in [3.05, 3.63) is 23.7 Å². The Bertz CT molecular complexity index is 583. The summed E-state index contributed by atoms with van der Waals surface area (Å²) in [6.07, 6.45) is 1.13. The van der Waals surface area contributed by atoms with Gasteiger partial charge in [-0.1, -0.05) is 0 Å². The number of aliphatic imine (C=N–C) groups is 1. The van der Waals surface area contributed by atoms with E-state index in [-0.39, 0.29) is 30.0 Å². The number of hydrogen-bond acceptors (Lipinski definition) is 5. The summed E-state index contributed by atoms with van der Waals surface area (Å²) in [5.41, 5.74) is 0. The Morgan fingerprint density at radius 3 is 2.67 bits per heavy atom. The van der Waals surface area contributed by atoms with Crippen LogP contribution in [-0.2, 0) is 9.47 Å². The van der Waals surface area contributed by atoms with Crippen LogP contribution in [0.3, 0.4) is 0 Å². The molecule has 2 unspecified atom stereocenters. The van der Waals surface area contributed by atoms with E-state index in [9.17, 15) is 0 Å². The summed E-state index contributed by atoms with van der Waals surface area (Å²) in [6.45, 7) is 8.81. The van der Waals surface area contributed by atoms with Crippen molar-refractivity contribution in [1.29, 1.82) is 0 Å². The highest BCUT2D eigenvalue weighted by molar-refractivity contribution is 14.0. The Kier molecular flexibility index (Phi) is 9.34. The maximum atomic E-state index is 5.94. The van der Waals surface area contributed by atoms with E-state index in [1.165, 1.54) is 0 Å². The number of aryl methyl sites for hydroxylation is 1. The van der Waals surface area contributed by atoms with Gasteiger partial charge in [0.2, 0.25) is 0 Å². The minimum absolute atomic E-state index is 0. The summed E-state index contributed by atoms with van der Waals surface area (Å²) in [5.74, 6) is 3.44. The zero-order valence-electron chi connectivity index (χ0n) is 16.6. The second-order valence-corrected chi connectivity index (χ2v) is 7.15. The lowest BCUT2D eigenvalue weighted by Crippen LogP contribution is -2.47. The zero-order valence-corrected chi connectivity index (χ0v) is 19.0. The van der Waals surface area contributed by atoms with Crippen molar-refractivity contribution < 1.29 is 13.9 Å². The molecular weight excluding hydrogens is 459 g/mol. The van der Waals surface area contributed by atoms with E-state index in [0.717, 1.165) is 76.5 Å². The third kappa shape index (κ3) is 6.33. The molecule has 1 aromatic rings. The van der Waals surface area contributed by atoms with E-state index in [2.05, 4.69) is 33.2 Å². The van der Waals surface area contributed by atoms with Gasteiger partial charge in [0.1, 0.15) is 11.5 Å². The normalized spacial score (nSPS) is 22.3. The molecule has 0 bridgehead atoms. The highest BCUT2D eigenvalue weighted by atomic mass is 127. The molecule has 27 heavy (non-hydrogen) atoms. The molecule has 0 saturated carbocycles. The smallest absolute Gasteiger partial charge is 0.193 e. The Labute approximate surface area is 179 Å². The summed E-state index contributed by atoms with van der Waals surface area (Å²) >= 11 is 0. The number of halogens is 1. The van der Waals surface area contributed by atoms with Crippen LogP contribution < -0.4 is 5.32 Å². The Morgan fingerprint density at radius 2 is 2.07 bits per heavy atom. The van der Waals surface area contributed by atoms with Crippen LogP contribution in [0.4, 0.5) is 0 Å². The molecule has 2 atom stereocenters. The van der Waals surface area contributed by atoms with Crippen LogP contribution in [0.15, 0.2) is 21.5 Å². The number of ether oxygens (including phenoxy) is 2. The monoisotopic (exact) mass is 492 g/mol. The van der Waals surface area contributed by atoms with E-state index >= 15 is 0 Å². The van der Waals surface area contributed by atoms with Gasteiger partial charge in [0.25, 0.3) is 0 Å². The van der Waals surface area contributed by atoms with E-state index in [1.54, 1.807) is 0 Å². The van der Waals surface area contributed by atoms with Crippen LogP contribution in [0.2, 0.25) is 0 Å².